The van der Waals surface area contributed by atoms with E-state index >= 15 is 0 Å². The summed E-state index contributed by atoms with van der Waals surface area (Å²) in [6.45, 7) is 5.09. The minimum absolute atomic E-state index is 0.0985. The van der Waals surface area contributed by atoms with Gasteiger partial charge in [-0.2, -0.15) is 5.12 Å². The molecule has 0 unspecified atom stereocenters. The molecule has 0 rings (SSSR count). The van der Waals surface area contributed by atoms with E-state index in [1.54, 1.807) is 20.8 Å². The Bertz CT molecular complexity index is 171. The van der Waals surface area contributed by atoms with E-state index in [0.29, 0.717) is 6.42 Å². The summed E-state index contributed by atoms with van der Waals surface area (Å²) in [7, 11) is 0. The van der Waals surface area contributed by atoms with Gasteiger partial charge in [0.2, 0.25) is 0 Å². The molecule has 0 atom stereocenters. The maximum Gasteiger partial charge on any atom is 0.255 e. The predicted molar refractivity (Wildman–Crippen MR) is 48.6 cm³/mol. The molecule has 0 aromatic carbocycles. The van der Waals surface area contributed by atoms with Crippen molar-refractivity contribution in [1.29, 1.82) is 0 Å². The van der Waals surface area contributed by atoms with Crippen LogP contribution in [0.2, 0.25) is 0 Å². The van der Waals surface area contributed by atoms with Gasteiger partial charge in [-0.15, -0.1) is 0 Å². The van der Waals surface area contributed by atoms with Gasteiger partial charge in [0.1, 0.15) is 0 Å². The Morgan fingerprint density at radius 3 is 2.46 bits per heavy atom. The van der Waals surface area contributed by atoms with Crippen molar-refractivity contribution in [2.24, 2.45) is 5.41 Å². The summed E-state index contributed by atoms with van der Waals surface area (Å²) in [6.07, 6.45) is 0.882. The molecule has 0 spiro atoms. The van der Waals surface area contributed by atoms with Gasteiger partial charge in [0.05, 0.1) is 6.54 Å². The van der Waals surface area contributed by atoms with Crippen molar-refractivity contribution in [3.63, 3.8) is 0 Å². The van der Waals surface area contributed by atoms with Gasteiger partial charge >= 0.3 is 0 Å². The number of aliphatic hydroxyl groups is 1. The molecule has 0 heterocycles. The second-order valence-electron chi connectivity index (χ2n) is 3.75. The molecule has 0 aromatic heterocycles. The van der Waals surface area contributed by atoms with Crippen LogP contribution in [0.3, 0.4) is 0 Å². The van der Waals surface area contributed by atoms with Crippen LogP contribution in [-0.2, 0) is 4.79 Å². The Balaban J connectivity index is 4.21. The molecular formula is C9H18FNO2. The standard InChI is InChI=1S/C9H18FNO2/c1-4-6-11(10)8(13)9(2,3)5-7-12/h12H,4-7H2,1-3H3. The molecule has 0 aliphatic carbocycles. The third kappa shape index (κ3) is 3.72. The predicted octanol–water partition coefficient (Wildman–Crippen LogP) is 1.52. The van der Waals surface area contributed by atoms with Crippen molar-refractivity contribution in [3.8, 4) is 0 Å². The molecule has 13 heavy (non-hydrogen) atoms. The van der Waals surface area contributed by atoms with Crippen LogP contribution in [0.25, 0.3) is 0 Å². The van der Waals surface area contributed by atoms with Crippen LogP contribution in [0.5, 0.6) is 0 Å². The summed E-state index contributed by atoms with van der Waals surface area (Å²) < 4.78 is 13.0. The lowest BCUT2D eigenvalue weighted by atomic mass is 9.88. The van der Waals surface area contributed by atoms with Crippen molar-refractivity contribution in [2.75, 3.05) is 13.2 Å². The molecule has 0 saturated heterocycles. The lowest BCUT2D eigenvalue weighted by Gasteiger charge is -2.25. The highest BCUT2D eigenvalue weighted by Crippen LogP contribution is 2.23. The quantitative estimate of drug-likeness (QED) is 0.669. The molecule has 0 bridgehead atoms. The minimum atomic E-state index is -0.807. The molecule has 0 aliphatic heterocycles. The number of amides is 1. The molecule has 3 nitrogen and oxygen atoms in total. The fraction of sp³-hybridized carbons (Fsp3) is 0.889. The molecule has 1 N–H and O–H groups in total. The fourth-order valence-corrected chi connectivity index (χ4v) is 1.01. The molecule has 4 heteroatoms. The maximum atomic E-state index is 13.0. The number of aliphatic hydroxyl groups excluding tert-OH is 1. The van der Waals surface area contributed by atoms with Gasteiger partial charge in [0.25, 0.3) is 5.91 Å². The van der Waals surface area contributed by atoms with E-state index in [2.05, 4.69) is 0 Å². The third-order valence-electron chi connectivity index (χ3n) is 1.96. The zero-order valence-corrected chi connectivity index (χ0v) is 8.51. The van der Waals surface area contributed by atoms with E-state index in [0.717, 1.165) is 0 Å². The minimum Gasteiger partial charge on any atom is -0.396 e. The second kappa shape index (κ2) is 5.17. The average molecular weight is 191 g/mol. The fourth-order valence-electron chi connectivity index (χ4n) is 1.01. The van der Waals surface area contributed by atoms with Gasteiger partial charge in [0, 0.05) is 12.0 Å². The second-order valence-corrected chi connectivity index (χ2v) is 3.75. The summed E-state index contributed by atoms with van der Waals surface area (Å²) in [6, 6.07) is 0. The largest absolute Gasteiger partial charge is 0.396 e. The number of carbonyl (C=O) groups excluding carboxylic acids is 1. The van der Waals surface area contributed by atoms with Crippen molar-refractivity contribution in [1.82, 2.24) is 5.12 Å². The molecule has 0 aliphatic rings. The first kappa shape index (κ1) is 12.4. The lowest BCUT2D eigenvalue weighted by Crippen LogP contribution is -2.37. The highest BCUT2D eigenvalue weighted by molar-refractivity contribution is 5.80. The van der Waals surface area contributed by atoms with E-state index in [1.165, 1.54) is 0 Å². The van der Waals surface area contributed by atoms with Crippen molar-refractivity contribution in [3.05, 3.63) is 0 Å². The Kier molecular flexibility index (Phi) is 4.91. The van der Waals surface area contributed by atoms with Gasteiger partial charge in [-0.1, -0.05) is 25.3 Å². The van der Waals surface area contributed by atoms with Crippen LogP contribution in [0.1, 0.15) is 33.6 Å². The summed E-state index contributed by atoms with van der Waals surface area (Å²) in [5.41, 5.74) is -0.807. The zero-order chi connectivity index (χ0) is 10.5. The Morgan fingerprint density at radius 2 is 2.08 bits per heavy atom. The third-order valence-corrected chi connectivity index (χ3v) is 1.96. The van der Waals surface area contributed by atoms with Crippen LogP contribution in [-0.4, -0.2) is 29.3 Å². The average Bonchev–Trinajstić information content (AvgIpc) is 2.03. The van der Waals surface area contributed by atoms with E-state index in [9.17, 15) is 9.28 Å². The van der Waals surface area contributed by atoms with E-state index < -0.39 is 11.3 Å². The Labute approximate surface area is 78.5 Å². The lowest BCUT2D eigenvalue weighted by molar-refractivity contribution is -0.157. The van der Waals surface area contributed by atoms with Gasteiger partial charge < -0.3 is 5.11 Å². The molecule has 0 saturated carbocycles. The smallest absolute Gasteiger partial charge is 0.255 e. The van der Waals surface area contributed by atoms with E-state index in [1.807, 2.05) is 0 Å². The number of hydrogen-bond donors (Lipinski definition) is 1. The summed E-state index contributed by atoms with van der Waals surface area (Å²) in [4.78, 5) is 11.4. The van der Waals surface area contributed by atoms with Crippen LogP contribution in [0.4, 0.5) is 4.48 Å². The number of halogens is 1. The number of nitrogens with zero attached hydrogens (tertiary/aromatic N) is 1. The van der Waals surface area contributed by atoms with Crippen molar-refractivity contribution >= 4 is 5.91 Å². The van der Waals surface area contributed by atoms with Gasteiger partial charge in [-0.3, -0.25) is 4.79 Å². The molecule has 0 fully saturated rings. The SMILES string of the molecule is CCCN(F)C(=O)C(C)(C)CCO. The number of hydrogen-bond acceptors (Lipinski definition) is 2. The van der Waals surface area contributed by atoms with Gasteiger partial charge in [0.15, 0.2) is 0 Å². The Morgan fingerprint density at radius 1 is 1.54 bits per heavy atom. The topological polar surface area (TPSA) is 40.5 Å². The summed E-state index contributed by atoms with van der Waals surface area (Å²) >= 11 is 0. The molecule has 78 valence electrons. The summed E-state index contributed by atoms with van der Waals surface area (Å²) in [5, 5.41) is 8.90. The first-order chi connectivity index (χ1) is 5.95. The molecule has 0 radical (unpaired) electrons. The van der Waals surface area contributed by atoms with Crippen LogP contribution >= 0.6 is 0 Å². The molecule has 0 aromatic rings. The first-order valence-electron chi connectivity index (χ1n) is 4.54. The monoisotopic (exact) mass is 191 g/mol. The van der Waals surface area contributed by atoms with Crippen LogP contribution in [0, 0.1) is 5.41 Å². The maximum absolute atomic E-state index is 13.0. The number of carbonyl (C=O) groups is 1. The van der Waals surface area contributed by atoms with Gasteiger partial charge in [-0.05, 0) is 12.8 Å². The molecule has 1 amide bonds. The van der Waals surface area contributed by atoms with E-state index in [-0.39, 0.29) is 24.7 Å². The van der Waals surface area contributed by atoms with Crippen LogP contribution < -0.4 is 0 Å². The van der Waals surface area contributed by atoms with Gasteiger partial charge in [-0.25, -0.2) is 0 Å². The van der Waals surface area contributed by atoms with Crippen LogP contribution in [0.15, 0.2) is 0 Å². The van der Waals surface area contributed by atoms with Crippen molar-refractivity contribution < 1.29 is 14.4 Å². The van der Waals surface area contributed by atoms with E-state index in [4.69, 9.17) is 5.11 Å². The highest BCUT2D eigenvalue weighted by atomic mass is 19.2. The first-order valence-corrected chi connectivity index (χ1v) is 4.54. The molecular weight excluding hydrogens is 173 g/mol. The Hall–Kier alpha value is -0.640. The normalized spacial score (nSPS) is 11.5. The zero-order valence-electron chi connectivity index (χ0n) is 8.51. The highest BCUT2D eigenvalue weighted by Gasteiger charge is 2.31. The van der Waals surface area contributed by atoms with Crippen molar-refractivity contribution in [2.45, 2.75) is 33.6 Å². The summed E-state index contributed by atoms with van der Waals surface area (Å²) in [5.74, 6) is -0.552. The number of rotatable bonds is 5.